The normalized spacial score (nSPS) is 18.9. The van der Waals surface area contributed by atoms with Crippen LogP contribution in [0.5, 0.6) is 0 Å². The molecular weight excluding hydrogens is 296 g/mol. The lowest BCUT2D eigenvalue weighted by molar-refractivity contribution is -0.127. The highest BCUT2D eigenvalue weighted by Crippen LogP contribution is 2.21. The quantitative estimate of drug-likeness (QED) is 0.616. The van der Waals surface area contributed by atoms with Crippen LogP contribution in [0.15, 0.2) is 17.4 Å². The molecule has 0 spiro atoms. The summed E-state index contributed by atoms with van der Waals surface area (Å²) in [4.78, 5) is 19.9. The third kappa shape index (κ3) is 4.69. The molecule has 1 aliphatic heterocycles. The predicted molar refractivity (Wildman–Crippen MR) is 88.1 cm³/mol. The monoisotopic (exact) mass is 322 g/mol. The first kappa shape index (κ1) is 17.3. The van der Waals surface area contributed by atoms with E-state index >= 15 is 0 Å². The third-order valence-corrected chi connectivity index (χ3v) is 3.66. The van der Waals surface area contributed by atoms with Gasteiger partial charge in [-0.25, -0.2) is 4.99 Å². The minimum atomic E-state index is -0.0362. The molecule has 1 fully saturated rings. The molecule has 1 aromatic rings. The van der Waals surface area contributed by atoms with E-state index in [-0.39, 0.29) is 18.6 Å². The average molecular weight is 322 g/mol. The van der Waals surface area contributed by atoms with E-state index in [0.717, 1.165) is 24.6 Å². The van der Waals surface area contributed by atoms with E-state index in [9.17, 15) is 4.79 Å². The largest absolute Gasteiger partial charge is 0.370 e. The number of ether oxygens (including phenoxy) is 1. The lowest BCUT2D eigenvalue weighted by Gasteiger charge is -2.34. The van der Waals surface area contributed by atoms with Crippen molar-refractivity contribution < 1.29 is 9.53 Å². The van der Waals surface area contributed by atoms with Gasteiger partial charge in [0.15, 0.2) is 5.96 Å². The fourth-order valence-corrected chi connectivity index (χ4v) is 2.36. The lowest BCUT2D eigenvalue weighted by atomic mass is 10.1. The number of rotatable bonds is 4. The van der Waals surface area contributed by atoms with Crippen LogP contribution in [0.3, 0.4) is 0 Å². The van der Waals surface area contributed by atoms with Gasteiger partial charge in [-0.1, -0.05) is 0 Å². The Morgan fingerprint density at radius 2 is 2.35 bits per heavy atom. The van der Waals surface area contributed by atoms with Crippen LogP contribution < -0.4 is 5.32 Å². The number of carbonyl (C=O) groups is 1. The van der Waals surface area contributed by atoms with Crippen LogP contribution in [0, 0.1) is 0 Å². The molecule has 0 radical (unpaired) electrons. The molecule has 1 saturated heterocycles. The lowest BCUT2D eigenvalue weighted by Crippen LogP contribution is -2.48. The number of aryl methyl sites for hydroxylation is 1. The van der Waals surface area contributed by atoms with E-state index in [0.29, 0.717) is 13.2 Å². The molecule has 1 unspecified atom stereocenters. The van der Waals surface area contributed by atoms with Gasteiger partial charge in [0.05, 0.1) is 19.3 Å². The van der Waals surface area contributed by atoms with Crippen molar-refractivity contribution in [3.63, 3.8) is 0 Å². The molecular formula is C15H26N6O2. The summed E-state index contributed by atoms with van der Waals surface area (Å²) in [5.74, 6) is 0.734. The molecule has 0 aliphatic carbocycles. The van der Waals surface area contributed by atoms with Crippen molar-refractivity contribution in [1.82, 2.24) is 24.9 Å². The topological polar surface area (TPSA) is 75.0 Å². The first-order chi connectivity index (χ1) is 11.0. The second kappa shape index (κ2) is 7.96. The molecule has 0 bridgehead atoms. The number of hydrogen-bond acceptors (Lipinski definition) is 4. The van der Waals surface area contributed by atoms with Gasteiger partial charge in [-0.2, -0.15) is 5.10 Å². The van der Waals surface area contributed by atoms with Crippen molar-refractivity contribution in [3.05, 3.63) is 18.0 Å². The summed E-state index contributed by atoms with van der Waals surface area (Å²) in [6.45, 7) is 4.97. The van der Waals surface area contributed by atoms with Gasteiger partial charge in [0.2, 0.25) is 5.91 Å². The number of nitrogens with one attached hydrogen (secondary N) is 1. The third-order valence-electron chi connectivity index (χ3n) is 3.66. The van der Waals surface area contributed by atoms with Gasteiger partial charge in [0, 0.05) is 46.0 Å². The van der Waals surface area contributed by atoms with Gasteiger partial charge in [0.1, 0.15) is 12.6 Å². The maximum Gasteiger partial charge on any atom is 0.243 e. The summed E-state index contributed by atoms with van der Waals surface area (Å²) in [5, 5.41) is 7.45. The van der Waals surface area contributed by atoms with Crippen molar-refractivity contribution in [1.29, 1.82) is 0 Å². The summed E-state index contributed by atoms with van der Waals surface area (Å²) in [6.07, 6.45) is 3.76. The molecule has 0 aromatic carbocycles. The first-order valence-corrected chi connectivity index (χ1v) is 7.84. The Morgan fingerprint density at radius 1 is 1.57 bits per heavy atom. The number of aromatic nitrogens is 2. The number of carbonyl (C=O) groups excluding carboxylic acids is 1. The Hall–Kier alpha value is -2.09. The van der Waals surface area contributed by atoms with Crippen molar-refractivity contribution in [2.45, 2.75) is 13.0 Å². The van der Waals surface area contributed by atoms with Crippen molar-refractivity contribution in [2.75, 3.05) is 46.9 Å². The number of guanidine groups is 1. The first-order valence-electron chi connectivity index (χ1n) is 7.84. The number of likely N-dealkylation sites (N-methyl/N-ethyl adjacent to an activating group) is 1. The van der Waals surface area contributed by atoms with E-state index < -0.39 is 0 Å². The molecule has 1 aliphatic rings. The molecule has 23 heavy (non-hydrogen) atoms. The van der Waals surface area contributed by atoms with Crippen molar-refractivity contribution >= 4 is 11.9 Å². The van der Waals surface area contributed by atoms with Crippen LogP contribution in [0.4, 0.5) is 0 Å². The van der Waals surface area contributed by atoms with Gasteiger partial charge in [-0.3, -0.25) is 9.48 Å². The molecule has 0 saturated carbocycles. The van der Waals surface area contributed by atoms with E-state index in [1.54, 1.807) is 23.7 Å². The van der Waals surface area contributed by atoms with Crippen molar-refractivity contribution in [3.8, 4) is 0 Å². The molecule has 1 amide bonds. The van der Waals surface area contributed by atoms with E-state index in [1.807, 2.05) is 26.4 Å². The van der Waals surface area contributed by atoms with Crippen LogP contribution in [0.25, 0.3) is 0 Å². The Morgan fingerprint density at radius 3 is 2.96 bits per heavy atom. The molecule has 8 nitrogen and oxygen atoms in total. The summed E-state index contributed by atoms with van der Waals surface area (Å²) in [5.41, 5.74) is 1.05. The summed E-state index contributed by atoms with van der Waals surface area (Å²) >= 11 is 0. The predicted octanol–water partition coefficient (Wildman–Crippen LogP) is -0.153. The Labute approximate surface area is 137 Å². The van der Waals surface area contributed by atoms with Gasteiger partial charge >= 0.3 is 0 Å². The maximum atomic E-state index is 11.8. The minimum Gasteiger partial charge on any atom is -0.370 e. The van der Waals surface area contributed by atoms with Crippen LogP contribution in [0.1, 0.15) is 18.6 Å². The van der Waals surface area contributed by atoms with Crippen LogP contribution in [-0.2, 0) is 16.6 Å². The highest BCUT2D eigenvalue weighted by molar-refractivity contribution is 5.84. The van der Waals surface area contributed by atoms with E-state index in [1.165, 1.54) is 0 Å². The molecule has 1 atom stereocenters. The molecule has 1 aromatic heterocycles. The summed E-state index contributed by atoms with van der Waals surface area (Å²) in [6, 6.07) is 0. The molecule has 8 heteroatoms. The van der Waals surface area contributed by atoms with Crippen LogP contribution >= 0.6 is 0 Å². The molecule has 2 rings (SSSR count). The van der Waals surface area contributed by atoms with Gasteiger partial charge < -0.3 is 19.9 Å². The Kier molecular flexibility index (Phi) is 5.97. The van der Waals surface area contributed by atoms with Crippen LogP contribution in [-0.4, -0.2) is 78.3 Å². The molecule has 1 N–H and O–H groups in total. The zero-order valence-corrected chi connectivity index (χ0v) is 14.3. The zero-order valence-electron chi connectivity index (χ0n) is 14.3. The minimum absolute atomic E-state index is 0.0162. The van der Waals surface area contributed by atoms with E-state index in [2.05, 4.69) is 20.3 Å². The zero-order chi connectivity index (χ0) is 16.8. The highest BCUT2D eigenvalue weighted by atomic mass is 16.5. The number of hydrogen-bond donors (Lipinski definition) is 1. The summed E-state index contributed by atoms with van der Waals surface area (Å²) < 4.78 is 7.62. The maximum absolute atomic E-state index is 11.8. The average Bonchev–Trinajstić information content (AvgIpc) is 2.97. The standard InChI is InChI=1S/C15H26N6O2/c1-5-16-15(17-9-14(22)19(2)3)21-6-7-23-13(11-21)12-8-18-20(4)10-12/h8,10,13H,5-7,9,11H2,1-4H3,(H,16,17). The van der Waals surface area contributed by atoms with Gasteiger partial charge in [0.25, 0.3) is 0 Å². The fourth-order valence-electron chi connectivity index (χ4n) is 2.36. The SMILES string of the molecule is CCNC(=NCC(=O)N(C)C)N1CCOC(c2cnn(C)c2)C1. The molecule has 2 heterocycles. The van der Waals surface area contributed by atoms with Crippen LogP contribution in [0.2, 0.25) is 0 Å². The number of nitrogens with zero attached hydrogens (tertiary/aromatic N) is 5. The summed E-state index contributed by atoms with van der Waals surface area (Å²) in [7, 11) is 5.36. The Bertz CT molecular complexity index is 554. The Balaban J connectivity index is 2.06. The second-order valence-corrected chi connectivity index (χ2v) is 5.71. The highest BCUT2D eigenvalue weighted by Gasteiger charge is 2.25. The number of morpholine rings is 1. The van der Waals surface area contributed by atoms with E-state index in [4.69, 9.17) is 4.74 Å². The molecule has 128 valence electrons. The van der Waals surface area contributed by atoms with Gasteiger partial charge in [-0.15, -0.1) is 0 Å². The fraction of sp³-hybridized carbons (Fsp3) is 0.667. The number of aliphatic imine (C=N–C) groups is 1. The van der Waals surface area contributed by atoms with Gasteiger partial charge in [-0.05, 0) is 6.92 Å². The number of amides is 1. The van der Waals surface area contributed by atoms with Crippen molar-refractivity contribution in [2.24, 2.45) is 12.0 Å². The second-order valence-electron chi connectivity index (χ2n) is 5.71. The smallest absolute Gasteiger partial charge is 0.243 e.